The molecule has 2 heterocycles. The average molecular weight is 367 g/mol. The van der Waals surface area contributed by atoms with Crippen LogP contribution in [-0.4, -0.2) is 43.1 Å². The summed E-state index contributed by atoms with van der Waals surface area (Å²) in [6, 6.07) is 21.5. The van der Waals surface area contributed by atoms with Crippen molar-refractivity contribution in [2.24, 2.45) is 0 Å². The smallest absolute Gasteiger partial charge is 0.165 e. The van der Waals surface area contributed by atoms with E-state index in [2.05, 4.69) is 67.6 Å². The van der Waals surface area contributed by atoms with E-state index in [9.17, 15) is 0 Å². The minimum absolute atomic E-state index is 0.126. The van der Waals surface area contributed by atoms with Crippen LogP contribution < -0.4 is 0 Å². The Bertz CT molecular complexity index is 697. The molecule has 144 valence electrons. The van der Waals surface area contributed by atoms with Crippen molar-refractivity contribution >= 4 is 0 Å². The standard InChI is InChI=1S/C24H32NO2/c1-20(22-13-7-3-8-14-22)24-26-19-23(27-24)18-25(15-9-4-10-16-25)17-21-11-5-2-6-12-21/h2-3,5-8,11-14,20,23-24H,4,9-10,15-19H2,1H3/q+1/t20-,23+,24+/m1/s1. The molecule has 0 saturated carbocycles. The molecule has 3 nitrogen and oxygen atoms in total. The van der Waals surface area contributed by atoms with E-state index in [0.717, 1.165) is 24.2 Å². The Morgan fingerprint density at radius 1 is 0.926 bits per heavy atom. The number of ether oxygens (including phenoxy) is 2. The number of hydrogen-bond acceptors (Lipinski definition) is 2. The Kier molecular flexibility index (Phi) is 5.92. The van der Waals surface area contributed by atoms with Crippen molar-refractivity contribution in [1.29, 1.82) is 0 Å². The van der Waals surface area contributed by atoms with Gasteiger partial charge in [0.1, 0.15) is 19.2 Å². The second-order valence-electron chi connectivity index (χ2n) is 8.33. The van der Waals surface area contributed by atoms with E-state index in [0.29, 0.717) is 0 Å². The molecule has 0 amide bonds. The van der Waals surface area contributed by atoms with Crippen molar-refractivity contribution in [3.63, 3.8) is 0 Å². The van der Waals surface area contributed by atoms with Gasteiger partial charge in [0.2, 0.25) is 0 Å². The molecule has 2 aromatic rings. The summed E-state index contributed by atoms with van der Waals surface area (Å²) in [5, 5.41) is 0. The lowest BCUT2D eigenvalue weighted by atomic mass is 10.0. The number of hydrogen-bond donors (Lipinski definition) is 0. The Morgan fingerprint density at radius 2 is 1.59 bits per heavy atom. The van der Waals surface area contributed by atoms with E-state index < -0.39 is 0 Å². The SMILES string of the molecule is C[C@H](c1ccccc1)[C@H]1OC[C@H](C[N+]2(Cc3ccccc3)CCCCC2)O1. The van der Waals surface area contributed by atoms with Crippen LogP contribution in [0.3, 0.4) is 0 Å². The molecule has 0 aromatic heterocycles. The van der Waals surface area contributed by atoms with Gasteiger partial charge < -0.3 is 14.0 Å². The molecule has 0 radical (unpaired) electrons. The van der Waals surface area contributed by atoms with Crippen LogP contribution in [0.4, 0.5) is 0 Å². The number of nitrogens with zero attached hydrogens (tertiary/aromatic N) is 1. The first-order valence-corrected chi connectivity index (χ1v) is 10.5. The minimum atomic E-state index is -0.126. The summed E-state index contributed by atoms with van der Waals surface area (Å²) in [6.07, 6.45) is 4.08. The van der Waals surface area contributed by atoms with Crippen LogP contribution in [0.25, 0.3) is 0 Å². The quantitative estimate of drug-likeness (QED) is 0.688. The summed E-state index contributed by atoms with van der Waals surface area (Å²) in [7, 11) is 0. The number of rotatable bonds is 6. The van der Waals surface area contributed by atoms with Crippen molar-refractivity contribution in [2.75, 3.05) is 26.2 Å². The van der Waals surface area contributed by atoms with Crippen molar-refractivity contribution in [3.05, 3.63) is 71.8 Å². The summed E-state index contributed by atoms with van der Waals surface area (Å²) in [4.78, 5) is 0. The van der Waals surface area contributed by atoms with Crippen molar-refractivity contribution in [3.8, 4) is 0 Å². The summed E-state index contributed by atoms with van der Waals surface area (Å²) in [6.45, 7) is 7.61. The van der Waals surface area contributed by atoms with Gasteiger partial charge >= 0.3 is 0 Å². The van der Waals surface area contributed by atoms with Crippen LogP contribution >= 0.6 is 0 Å². The lowest BCUT2D eigenvalue weighted by Gasteiger charge is -2.43. The fraction of sp³-hybridized carbons (Fsp3) is 0.500. The van der Waals surface area contributed by atoms with E-state index in [4.69, 9.17) is 9.47 Å². The fourth-order valence-corrected chi connectivity index (χ4v) is 4.73. The molecule has 3 heteroatoms. The Labute approximate surface area is 163 Å². The van der Waals surface area contributed by atoms with Gasteiger partial charge in [0.15, 0.2) is 6.29 Å². The molecule has 4 rings (SSSR count). The van der Waals surface area contributed by atoms with Gasteiger partial charge in [-0.2, -0.15) is 0 Å². The highest BCUT2D eigenvalue weighted by molar-refractivity contribution is 5.19. The summed E-state index contributed by atoms with van der Waals surface area (Å²) < 4.78 is 13.6. The zero-order valence-corrected chi connectivity index (χ0v) is 16.4. The molecule has 2 aliphatic heterocycles. The van der Waals surface area contributed by atoms with Crippen LogP contribution in [0, 0.1) is 0 Å². The highest BCUT2D eigenvalue weighted by atomic mass is 16.7. The third-order valence-electron chi connectivity index (χ3n) is 6.22. The van der Waals surface area contributed by atoms with Crippen molar-refractivity contribution in [1.82, 2.24) is 0 Å². The lowest BCUT2D eigenvalue weighted by Crippen LogP contribution is -2.54. The first kappa shape index (κ1) is 18.7. The highest BCUT2D eigenvalue weighted by Crippen LogP contribution is 2.30. The molecule has 0 N–H and O–H groups in total. The van der Waals surface area contributed by atoms with Crippen LogP contribution in [0.2, 0.25) is 0 Å². The molecule has 3 atom stereocenters. The van der Waals surface area contributed by atoms with Gasteiger partial charge in [-0.05, 0) is 24.8 Å². The summed E-state index contributed by atoms with van der Waals surface area (Å²) in [5.41, 5.74) is 2.72. The van der Waals surface area contributed by atoms with Crippen LogP contribution in [0.1, 0.15) is 43.2 Å². The maximum absolute atomic E-state index is 6.41. The maximum atomic E-state index is 6.41. The van der Waals surface area contributed by atoms with Gasteiger partial charge in [0, 0.05) is 11.5 Å². The van der Waals surface area contributed by atoms with E-state index in [-0.39, 0.29) is 18.3 Å². The zero-order valence-electron chi connectivity index (χ0n) is 16.4. The first-order chi connectivity index (χ1) is 13.2. The molecule has 2 aliphatic rings. The van der Waals surface area contributed by atoms with Gasteiger partial charge in [0.25, 0.3) is 0 Å². The Balaban J connectivity index is 1.41. The Morgan fingerprint density at radius 3 is 2.30 bits per heavy atom. The summed E-state index contributed by atoms with van der Waals surface area (Å²) in [5.74, 6) is 0.264. The fourth-order valence-electron chi connectivity index (χ4n) is 4.73. The maximum Gasteiger partial charge on any atom is 0.165 e. The number of benzene rings is 2. The molecular formula is C24H32NO2+. The molecule has 2 fully saturated rings. The van der Waals surface area contributed by atoms with E-state index in [1.54, 1.807) is 0 Å². The third kappa shape index (κ3) is 4.60. The topological polar surface area (TPSA) is 18.5 Å². The van der Waals surface area contributed by atoms with E-state index >= 15 is 0 Å². The molecule has 0 spiro atoms. The number of likely N-dealkylation sites (tertiary alicyclic amines) is 1. The summed E-state index contributed by atoms with van der Waals surface area (Å²) >= 11 is 0. The second kappa shape index (κ2) is 8.55. The predicted octanol–water partition coefficient (Wildman–Crippen LogP) is 4.73. The molecular weight excluding hydrogens is 334 g/mol. The molecule has 2 aromatic carbocycles. The third-order valence-corrected chi connectivity index (χ3v) is 6.22. The van der Waals surface area contributed by atoms with Crippen molar-refractivity contribution < 1.29 is 14.0 Å². The van der Waals surface area contributed by atoms with Crippen LogP contribution in [0.15, 0.2) is 60.7 Å². The Hall–Kier alpha value is -1.68. The second-order valence-corrected chi connectivity index (χ2v) is 8.33. The monoisotopic (exact) mass is 366 g/mol. The number of quaternary nitrogens is 1. The average Bonchev–Trinajstić information content (AvgIpc) is 3.17. The molecule has 2 saturated heterocycles. The highest BCUT2D eigenvalue weighted by Gasteiger charge is 2.39. The number of piperidine rings is 1. The van der Waals surface area contributed by atoms with Gasteiger partial charge in [-0.25, -0.2) is 0 Å². The molecule has 27 heavy (non-hydrogen) atoms. The van der Waals surface area contributed by atoms with Crippen molar-refractivity contribution in [2.45, 2.75) is 51.0 Å². The predicted molar refractivity (Wildman–Crippen MR) is 108 cm³/mol. The van der Waals surface area contributed by atoms with E-state index in [1.807, 2.05) is 0 Å². The van der Waals surface area contributed by atoms with Gasteiger partial charge in [-0.3, -0.25) is 0 Å². The van der Waals surface area contributed by atoms with Gasteiger partial charge in [0.05, 0.1) is 19.7 Å². The van der Waals surface area contributed by atoms with Crippen LogP contribution in [-0.2, 0) is 16.0 Å². The molecule has 0 bridgehead atoms. The van der Waals surface area contributed by atoms with Gasteiger partial charge in [-0.1, -0.05) is 67.6 Å². The lowest BCUT2D eigenvalue weighted by molar-refractivity contribution is -0.947. The largest absolute Gasteiger partial charge is 0.349 e. The minimum Gasteiger partial charge on any atom is -0.349 e. The van der Waals surface area contributed by atoms with E-state index in [1.165, 1.54) is 43.5 Å². The van der Waals surface area contributed by atoms with Gasteiger partial charge in [-0.15, -0.1) is 0 Å². The van der Waals surface area contributed by atoms with Crippen LogP contribution in [0.5, 0.6) is 0 Å². The molecule has 0 aliphatic carbocycles. The normalized spacial score (nSPS) is 26.0. The molecule has 0 unspecified atom stereocenters. The first-order valence-electron chi connectivity index (χ1n) is 10.5. The zero-order chi connectivity index (χ0) is 18.5.